The van der Waals surface area contributed by atoms with Gasteiger partial charge in [-0.3, -0.25) is 0 Å². The molecule has 11 heavy (non-hydrogen) atoms. The largest absolute Gasteiger partial charge is 0.339 e. The molecule has 0 spiro atoms. The van der Waals surface area contributed by atoms with E-state index in [4.69, 9.17) is 12.2 Å². The molecule has 0 aromatic rings. The number of hydrogen-bond acceptors (Lipinski definition) is 2. The molecule has 5 nitrogen and oxygen atoms in total. The van der Waals surface area contributed by atoms with E-state index in [1.165, 1.54) is 0 Å². The van der Waals surface area contributed by atoms with Crippen LogP contribution in [0.5, 0.6) is 0 Å². The summed E-state index contributed by atoms with van der Waals surface area (Å²) in [5.74, 6) is 0. The quantitative estimate of drug-likeness (QED) is 0.401. The molecule has 0 bridgehead atoms. The van der Waals surface area contributed by atoms with Gasteiger partial charge in [0.15, 0.2) is 5.11 Å². The molecule has 60 valence electrons. The molecule has 0 aliphatic carbocycles. The maximum absolute atomic E-state index is 11.0. The van der Waals surface area contributed by atoms with Crippen LogP contribution in [0.15, 0.2) is 0 Å². The molecule has 0 radical (unpaired) electrons. The van der Waals surface area contributed by atoms with Crippen LogP contribution in [0.25, 0.3) is 0 Å². The van der Waals surface area contributed by atoms with E-state index in [1.807, 2.05) is 0 Å². The summed E-state index contributed by atoms with van der Waals surface area (Å²) in [6, 6.07) is -0.0810. The fraction of sp³-hybridized carbons (Fsp3) is 0.600. The Balaban J connectivity index is 2.19. The van der Waals surface area contributed by atoms with Crippen molar-refractivity contribution in [2.75, 3.05) is 7.05 Å². The van der Waals surface area contributed by atoms with Crippen LogP contribution in [-0.2, 0) is 0 Å². The summed E-state index contributed by atoms with van der Waals surface area (Å²) >= 11 is 4.86. The van der Waals surface area contributed by atoms with Gasteiger partial charge in [0, 0.05) is 7.05 Å². The predicted octanol–water partition coefficient (Wildman–Crippen LogP) is -1.23. The Morgan fingerprint density at radius 1 is 1.45 bits per heavy atom. The Kier molecular flexibility index (Phi) is 1.19. The van der Waals surface area contributed by atoms with E-state index in [-0.39, 0.29) is 18.4 Å². The van der Waals surface area contributed by atoms with Crippen LogP contribution in [0.1, 0.15) is 0 Å². The Labute approximate surface area is 69.1 Å². The fourth-order valence-electron chi connectivity index (χ4n) is 1.28. The minimum Gasteiger partial charge on any atom is -0.339 e. The minimum atomic E-state index is -0.0810. The molecule has 0 aromatic carbocycles. The molecule has 2 heterocycles. The van der Waals surface area contributed by atoms with Gasteiger partial charge in [0.2, 0.25) is 0 Å². The van der Waals surface area contributed by atoms with Gasteiger partial charge in [-0.05, 0) is 12.2 Å². The first-order chi connectivity index (χ1) is 5.18. The maximum atomic E-state index is 11.0. The first kappa shape index (κ1) is 6.66. The lowest BCUT2D eigenvalue weighted by atomic mass is 10.4. The zero-order valence-corrected chi connectivity index (χ0v) is 6.73. The lowest BCUT2D eigenvalue weighted by molar-refractivity contribution is 0.214. The molecule has 0 aromatic heterocycles. The average molecular weight is 172 g/mol. The number of carbonyl (C=O) groups is 1. The van der Waals surface area contributed by atoms with Gasteiger partial charge in [0.05, 0.1) is 0 Å². The number of likely N-dealkylation sites (N-methyl/N-ethyl adjacent to an activating group) is 1. The maximum Gasteiger partial charge on any atom is 0.320 e. The lowest BCUT2D eigenvalue weighted by Gasteiger charge is -2.14. The topological polar surface area (TPSA) is 56.4 Å². The molecule has 0 saturated carbocycles. The van der Waals surface area contributed by atoms with Crippen molar-refractivity contribution in [1.29, 1.82) is 0 Å². The third kappa shape index (κ3) is 0.823. The van der Waals surface area contributed by atoms with Crippen LogP contribution in [-0.4, -0.2) is 35.4 Å². The second kappa shape index (κ2) is 1.97. The summed E-state index contributed by atoms with van der Waals surface area (Å²) in [6.07, 6.45) is -0.102. The van der Waals surface area contributed by atoms with E-state index in [9.17, 15) is 4.79 Å². The van der Waals surface area contributed by atoms with Gasteiger partial charge < -0.3 is 20.9 Å². The molecule has 2 aliphatic rings. The van der Waals surface area contributed by atoms with Crippen molar-refractivity contribution in [3.63, 3.8) is 0 Å². The summed E-state index contributed by atoms with van der Waals surface area (Å²) in [4.78, 5) is 12.6. The number of carbonyl (C=O) groups excluding carboxylic acids is 1. The second-order valence-electron chi connectivity index (χ2n) is 2.60. The van der Waals surface area contributed by atoms with Crippen molar-refractivity contribution in [3.05, 3.63) is 0 Å². The molecule has 2 saturated heterocycles. The lowest BCUT2D eigenvalue weighted by Crippen LogP contribution is -2.40. The van der Waals surface area contributed by atoms with Gasteiger partial charge in [0.1, 0.15) is 12.3 Å². The smallest absolute Gasteiger partial charge is 0.320 e. The Morgan fingerprint density at radius 3 is 2.82 bits per heavy atom. The highest BCUT2D eigenvalue weighted by molar-refractivity contribution is 7.80. The highest BCUT2D eigenvalue weighted by atomic mass is 32.1. The van der Waals surface area contributed by atoms with Gasteiger partial charge in [-0.15, -0.1) is 0 Å². The average Bonchev–Trinajstić information content (AvgIpc) is 2.37. The summed E-state index contributed by atoms with van der Waals surface area (Å²) in [5, 5.41) is 9.19. The number of thiocarbonyl (C=S) groups is 1. The molecule has 2 amide bonds. The Morgan fingerprint density at radius 2 is 2.18 bits per heavy atom. The highest BCUT2D eigenvalue weighted by Gasteiger charge is 2.41. The number of fused-ring (bicyclic) bond motifs is 1. The third-order valence-electron chi connectivity index (χ3n) is 1.90. The third-order valence-corrected chi connectivity index (χ3v) is 2.13. The number of amides is 2. The predicted molar refractivity (Wildman–Crippen MR) is 42.7 cm³/mol. The van der Waals surface area contributed by atoms with E-state index in [0.29, 0.717) is 5.11 Å². The fourth-order valence-corrected chi connectivity index (χ4v) is 1.52. The van der Waals surface area contributed by atoms with Crippen LogP contribution < -0.4 is 16.0 Å². The van der Waals surface area contributed by atoms with Crippen molar-refractivity contribution in [3.8, 4) is 0 Å². The van der Waals surface area contributed by atoms with Gasteiger partial charge >= 0.3 is 6.03 Å². The molecular weight excluding hydrogens is 164 g/mol. The number of rotatable bonds is 0. The SMILES string of the molecule is CN1C(=O)N[C@H]2NC(=S)N[C@H]21. The standard InChI is InChI=1S/C5H8N4OS/c1-9-3-2(7-5(9)10)6-4(11)8-3/h2-3H,1H3,(H,7,10)(H2,6,8,11)/t2-,3+/m1/s1. The van der Waals surface area contributed by atoms with E-state index in [1.54, 1.807) is 11.9 Å². The minimum absolute atomic E-state index is 0.0324. The van der Waals surface area contributed by atoms with Crippen LogP contribution in [0.3, 0.4) is 0 Å². The van der Waals surface area contributed by atoms with Gasteiger partial charge in [-0.1, -0.05) is 0 Å². The molecule has 0 unspecified atom stereocenters. The van der Waals surface area contributed by atoms with Gasteiger partial charge in [-0.2, -0.15) is 0 Å². The molecule has 3 N–H and O–H groups in total. The summed E-state index contributed by atoms with van der Waals surface area (Å²) in [6.45, 7) is 0. The molecule has 2 fully saturated rings. The Hall–Kier alpha value is -1.04. The van der Waals surface area contributed by atoms with Crippen molar-refractivity contribution >= 4 is 23.4 Å². The molecule has 6 heteroatoms. The monoisotopic (exact) mass is 172 g/mol. The van der Waals surface area contributed by atoms with Gasteiger partial charge in [0.25, 0.3) is 0 Å². The first-order valence-electron chi connectivity index (χ1n) is 3.29. The van der Waals surface area contributed by atoms with E-state index >= 15 is 0 Å². The van der Waals surface area contributed by atoms with Crippen LogP contribution >= 0.6 is 12.2 Å². The molecule has 2 rings (SSSR count). The van der Waals surface area contributed by atoms with Crippen molar-refractivity contribution in [1.82, 2.24) is 20.9 Å². The van der Waals surface area contributed by atoms with Crippen molar-refractivity contribution in [2.24, 2.45) is 0 Å². The Bertz CT molecular complexity index is 231. The van der Waals surface area contributed by atoms with Crippen LogP contribution in [0.4, 0.5) is 4.79 Å². The molecular formula is C5H8N4OS. The van der Waals surface area contributed by atoms with Crippen molar-refractivity contribution < 1.29 is 4.79 Å². The number of hydrogen-bond donors (Lipinski definition) is 3. The first-order valence-corrected chi connectivity index (χ1v) is 3.69. The number of urea groups is 1. The van der Waals surface area contributed by atoms with Gasteiger partial charge in [-0.25, -0.2) is 4.79 Å². The van der Waals surface area contributed by atoms with E-state index < -0.39 is 0 Å². The number of nitrogens with zero attached hydrogens (tertiary/aromatic N) is 1. The van der Waals surface area contributed by atoms with E-state index in [2.05, 4.69) is 16.0 Å². The zero-order valence-electron chi connectivity index (χ0n) is 5.92. The summed E-state index contributed by atoms with van der Waals surface area (Å²) < 4.78 is 0. The summed E-state index contributed by atoms with van der Waals surface area (Å²) in [7, 11) is 1.72. The number of nitrogens with one attached hydrogen (secondary N) is 3. The normalized spacial score (nSPS) is 34.5. The summed E-state index contributed by atoms with van der Waals surface area (Å²) in [5.41, 5.74) is 0. The second-order valence-corrected chi connectivity index (χ2v) is 3.01. The molecule has 2 aliphatic heterocycles. The highest BCUT2D eigenvalue weighted by Crippen LogP contribution is 2.10. The van der Waals surface area contributed by atoms with Crippen LogP contribution in [0, 0.1) is 0 Å². The van der Waals surface area contributed by atoms with E-state index in [0.717, 1.165) is 0 Å². The van der Waals surface area contributed by atoms with Crippen LogP contribution in [0.2, 0.25) is 0 Å². The zero-order chi connectivity index (χ0) is 8.01. The van der Waals surface area contributed by atoms with Crippen molar-refractivity contribution in [2.45, 2.75) is 12.3 Å². The molecule has 2 atom stereocenters.